The third kappa shape index (κ3) is 2.51. The van der Waals surface area contributed by atoms with Crippen LogP contribution in [-0.2, 0) is 5.60 Å². The molecule has 0 fully saturated rings. The van der Waals surface area contributed by atoms with Crippen LogP contribution in [-0.4, -0.2) is 10.1 Å². The highest BCUT2D eigenvalue weighted by atomic mass is 79.9. The number of rotatable bonds is 2. The zero-order valence-electron chi connectivity index (χ0n) is 8.26. The molecule has 4 heteroatoms. The van der Waals surface area contributed by atoms with E-state index in [1.165, 1.54) is 4.88 Å². The summed E-state index contributed by atoms with van der Waals surface area (Å²) in [6.07, 6.45) is 0. The Hall–Kier alpha value is 0.0700. The van der Waals surface area contributed by atoms with E-state index in [4.69, 9.17) is 0 Å². The molecule has 0 atom stereocenters. The zero-order chi connectivity index (χ0) is 10.2. The summed E-state index contributed by atoms with van der Waals surface area (Å²) in [5.74, 6) is 0.447. The van der Waals surface area contributed by atoms with Crippen LogP contribution in [0.25, 0.3) is 0 Å². The second-order valence-electron chi connectivity index (χ2n) is 3.89. The predicted octanol–water partition coefficient (Wildman–Crippen LogP) is 3.26. The van der Waals surface area contributed by atoms with Gasteiger partial charge in [0.1, 0.15) is 15.2 Å². The van der Waals surface area contributed by atoms with Crippen LogP contribution in [0.2, 0.25) is 0 Å². The van der Waals surface area contributed by atoms with E-state index in [0.717, 1.165) is 9.61 Å². The lowest BCUT2D eigenvalue weighted by Crippen LogP contribution is -2.14. The molecule has 0 amide bonds. The summed E-state index contributed by atoms with van der Waals surface area (Å²) >= 11 is 4.96. The Bertz CT molecular complexity index is 301. The van der Waals surface area contributed by atoms with Crippen molar-refractivity contribution in [1.29, 1.82) is 0 Å². The maximum Gasteiger partial charge on any atom is 0.125 e. The number of aromatic nitrogens is 1. The summed E-state index contributed by atoms with van der Waals surface area (Å²) in [7, 11) is 0. The van der Waals surface area contributed by atoms with Gasteiger partial charge in [0.05, 0.1) is 0 Å². The van der Waals surface area contributed by atoms with Gasteiger partial charge in [-0.15, -0.1) is 11.3 Å². The molecule has 0 aromatic carbocycles. The molecule has 0 bridgehead atoms. The monoisotopic (exact) mass is 263 g/mol. The molecule has 1 aromatic rings. The van der Waals surface area contributed by atoms with Crippen LogP contribution in [0.15, 0.2) is 4.60 Å². The van der Waals surface area contributed by atoms with Crippen LogP contribution >= 0.6 is 27.3 Å². The average Bonchev–Trinajstić information content (AvgIpc) is 2.29. The van der Waals surface area contributed by atoms with Gasteiger partial charge < -0.3 is 5.11 Å². The fraction of sp³-hybridized carbons (Fsp3) is 0.667. The van der Waals surface area contributed by atoms with E-state index >= 15 is 0 Å². The van der Waals surface area contributed by atoms with Gasteiger partial charge >= 0.3 is 0 Å². The lowest BCUT2D eigenvalue weighted by molar-refractivity contribution is 0.0781. The van der Waals surface area contributed by atoms with Crippen molar-refractivity contribution in [2.24, 2.45) is 0 Å². The van der Waals surface area contributed by atoms with Gasteiger partial charge in [0.15, 0.2) is 0 Å². The Labute approximate surface area is 91.1 Å². The maximum atomic E-state index is 9.74. The minimum atomic E-state index is -0.833. The molecule has 74 valence electrons. The molecule has 13 heavy (non-hydrogen) atoms. The quantitative estimate of drug-likeness (QED) is 0.889. The highest BCUT2D eigenvalue weighted by Gasteiger charge is 2.23. The normalized spacial score (nSPS) is 12.5. The first-order chi connectivity index (χ1) is 5.82. The molecule has 0 saturated heterocycles. The Morgan fingerprint density at radius 2 is 2.00 bits per heavy atom. The van der Waals surface area contributed by atoms with Crippen molar-refractivity contribution in [2.75, 3.05) is 0 Å². The van der Waals surface area contributed by atoms with Gasteiger partial charge in [-0.05, 0) is 35.7 Å². The van der Waals surface area contributed by atoms with E-state index in [1.807, 2.05) is 0 Å². The van der Waals surface area contributed by atoms with Gasteiger partial charge in [-0.1, -0.05) is 13.8 Å². The van der Waals surface area contributed by atoms with E-state index in [2.05, 4.69) is 34.8 Å². The van der Waals surface area contributed by atoms with Gasteiger partial charge in [0.25, 0.3) is 0 Å². The zero-order valence-corrected chi connectivity index (χ0v) is 10.7. The van der Waals surface area contributed by atoms with Gasteiger partial charge in [-0.25, -0.2) is 4.98 Å². The number of aliphatic hydroxyl groups is 1. The van der Waals surface area contributed by atoms with Crippen molar-refractivity contribution < 1.29 is 5.11 Å². The maximum absolute atomic E-state index is 9.74. The van der Waals surface area contributed by atoms with E-state index in [9.17, 15) is 5.11 Å². The highest BCUT2D eigenvalue weighted by Crippen LogP contribution is 2.34. The molecule has 1 N–H and O–H groups in total. The Balaban J connectivity index is 3.10. The lowest BCUT2D eigenvalue weighted by atomic mass is 10.2. The van der Waals surface area contributed by atoms with Gasteiger partial charge in [0, 0.05) is 4.88 Å². The summed E-state index contributed by atoms with van der Waals surface area (Å²) in [5.41, 5.74) is -0.833. The fourth-order valence-electron chi connectivity index (χ4n) is 0.931. The third-order valence-electron chi connectivity index (χ3n) is 1.66. The van der Waals surface area contributed by atoms with Crippen LogP contribution < -0.4 is 0 Å². The summed E-state index contributed by atoms with van der Waals surface area (Å²) in [6, 6.07) is 0. The summed E-state index contributed by atoms with van der Waals surface area (Å²) < 4.78 is 0.865. The Kier molecular flexibility index (Phi) is 3.15. The van der Waals surface area contributed by atoms with Crippen molar-refractivity contribution >= 4 is 27.3 Å². The van der Waals surface area contributed by atoms with Crippen LogP contribution in [0.3, 0.4) is 0 Å². The number of halogens is 1. The molecule has 0 unspecified atom stereocenters. The van der Waals surface area contributed by atoms with Gasteiger partial charge in [0.2, 0.25) is 0 Å². The molecule has 2 nitrogen and oxygen atoms in total. The average molecular weight is 264 g/mol. The largest absolute Gasteiger partial charge is 0.383 e. The number of hydrogen-bond acceptors (Lipinski definition) is 3. The Morgan fingerprint density at radius 3 is 2.23 bits per heavy atom. The first-order valence-corrected chi connectivity index (χ1v) is 5.82. The molecule has 1 heterocycles. The lowest BCUT2D eigenvalue weighted by Gasteiger charge is -2.12. The summed E-state index contributed by atoms with van der Waals surface area (Å²) in [5, 5.41) is 10.5. The molecule has 1 aromatic heterocycles. The first-order valence-electron chi connectivity index (χ1n) is 4.21. The van der Waals surface area contributed by atoms with Crippen LogP contribution in [0.4, 0.5) is 0 Å². The van der Waals surface area contributed by atoms with Gasteiger partial charge in [-0.2, -0.15) is 0 Å². The minimum Gasteiger partial charge on any atom is -0.383 e. The van der Waals surface area contributed by atoms with Gasteiger partial charge in [-0.3, -0.25) is 0 Å². The minimum absolute atomic E-state index is 0.447. The second-order valence-corrected chi connectivity index (χ2v) is 5.67. The van der Waals surface area contributed by atoms with Crippen molar-refractivity contribution in [3.05, 3.63) is 14.5 Å². The van der Waals surface area contributed by atoms with Crippen LogP contribution in [0.5, 0.6) is 0 Å². The molecular weight excluding hydrogens is 250 g/mol. The summed E-state index contributed by atoms with van der Waals surface area (Å²) in [4.78, 5) is 5.48. The van der Waals surface area contributed by atoms with Crippen LogP contribution in [0, 0.1) is 0 Å². The molecule has 0 radical (unpaired) electrons. The molecule has 1 rings (SSSR count). The number of hydrogen-bond donors (Lipinski definition) is 1. The van der Waals surface area contributed by atoms with E-state index in [-0.39, 0.29) is 0 Å². The van der Waals surface area contributed by atoms with E-state index < -0.39 is 5.60 Å². The molecule has 0 aliphatic rings. The fourth-order valence-corrected chi connectivity index (χ4v) is 2.89. The topological polar surface area (TPSA) is 33.1 Å². The second kappa shape index (κ2) is 3.67. The van der Waals surface area contributed by atoms with Crippen molar-refractivity contribution in [2.45, 2.75) is 39.2 Å². The molecule has 0 saturated carbocycles. The summed E-state index contributed by atoms with van der Waals surface area (Å²) in [6.45, 7) is 7.74. The number of nitrogens with zero attached hydrogens (tertiary/aromatic N) is 1. The van der Waals surface area contributed by atoms with Crippen molar-refractivity contribution in [1.82, 2.24) is 4.98 Å². The molecule has 0 spiro atoms. The predicted molar refractivity (Wildman–Crippen MR) is 59.1 cm³/mol. The van der Waals surface area contributed by atoms with E-state index in [1.54, 1.807) is 25.2 Å². The standard InChI is InChI=1S/C9H14BrNOS/c1-5(2)6-7(10)11-8(13-6)9(3,4)12/h5,12H,1-4H3. The first kappa shape index (κ1) is 11.1. The van der Waals surface area contributed by atoms with E-state index in [0.29, 0.717) is 5.92 Å². The SMILES string of the molecule is CC(C)c1sc(C(C)(C)O)nc1Br. The smallest absolute Gasteiger partial charge is 0.125 e. The highest BCUT2D eigenvalue weighted by molar-refractivity contribution is 9.10. The molecular formula is C9H14BrNOS. The third-order valence-corrected chi connectivity index (χ3v) is 4.19. The van der Waals surface area contributed by atoms with Crippen molar-refractivity contribution in [3.8, 4) is 0 Å². The van der Waals surface area contributed by atoms with Crippen LogP contribution in [0.1, 0.15) is 43.5 Å². The molecule has 0 aliphatic carbocycles. The molecule has 0 aliphatic heterocycles. The van der Waals surface area contributed by atoms with Crippen molar-refractivity contribution in [3.63, 3.8) is 0 Å². The number of thiazole rings is 1. The Morgan fingerprint density at radius 1 is 1.46 bits per heavy atom.